The molecule has 0 fully saturated rings. The third kappa shape index (κ3) is 3.39. The van der Waals surface area contributed by atoms with E-state index in [4.69, 9.17) is 23.2 Å². The molecule has 0 aliphatic heterocycles. The SMILES string of the molecule is Cc1cccc(-c2cccc3c2cc(C(=O)O)n3Cc2ccc(Cl)c(Cl)c2)c1. The van der Waals surface area contributed by atoms with Crippen LogP contribution in [0.3, 0.4) is 0 Å². The molecule has 140 valence electrons. The summed E-state index contributed by atoms with van der Waals surface area (Å²) < 4.78 is 1.80. The fourth-order valence-corrected chi connectivity index (χ4v) is 3.84. The van der Waals surface area contributed by atoms with Crippen LogP contribution in [0.4, 0.5) is 0 Å². The van der Waals surface area contributed by atoms with E-state index in [9.17, 15) is 9.90 Å². The Labute approximate surface area is 172 Å². The van der Waals surface area contributed by atoms with Crippen LogP contribution in [0.15, 0.2) is 66.7 Å². The molecule has 4 aromatic rings. The first kappa shape index (κ1) is 18.6. The Morgan fingerprint density at radius 3 is 2.46 bits per heavy atom. The van der Waals surface area contributed by atoms with Crippen LogP contribution >= 0.6 is 23.2 Å². The highest BCUT2D eigenvalue weighted by atomic mass is 35.5. The average molecular weight is 410 g/mol. The van der Waals surface area contributed by atoms with Gasteiger partial charge in [0, 0.05) is 17.4 Å². The summed E-state index contributed by atoms with van der Waals surface area (Å²) in [5.74, 6) is -0.966. The van der Waals surface area contributed by atoms with Crippen molar-refractivity contribution in [3.8, 4) is 11.1 Å². The van der Waals surface area contributed by atoms with Crippen molar-refractivity contribution in [1.29, 1.82) is 0 Å². The molecule has 0 saturated heterocycles. The fraction of sp³-hybridized carbons (Fsp3) is 0.0870. The van der Waals surface area contributed by atoms with Gasteiger partial charge >= 0.3 is 5.97 Å². The molecule has 0 atom stereocenters. The van der Waals surface area contributed by atoms with E-state index >= 15 is 0 Å². The lowest BCUT2D eigenvalue weighted by molar-refractivity contribution is 0.0686. The van der Waals surface area contributed by atoms with E-state index in [1.54, 1.807) is 22.8 Å². The molecular formula is C23H17Cl2NO2. The maximum absolute atomic E-state index is 11.9. The zero-order chi connectivity index (χ0) is 19.8. The number of halogens is 2. The van der Waals surface area contributed by atoms with Gasteiger partial charge in [0.2, 0.25) is 0 Å². The number of fused-ring (bicyclic) bond motifs is 1. The predicted molar refractivity (Wildman–Crippen MR) is 115 cm³/mol. The van der Waals surface area contributed by atoms with E-state index in [1.165, 1.54) is 0 Å². The van der Waals surface area contributed by atoms with Gasteiger partial charge in [-0.1, -0.05) is 71.2 Å². The highest BCUT2D eigenvalue weighted by Crippen LogP contribution is 2.32. The Hall–Kier alpha value is -2.75. The van der Waals surface area contributed by atoms with Crippen molar-refractivity contribution in [3.63, 3.8) is 0 Å². The summed E-state index contributed by atoms with van der Waals surface area (Å²) in [5.41, 5.74) is 5.22. The highest BCUT2D eigenvalue weighted by molar-refractivity contribution is 6.42. The van der Waals surface area contributed by atoms with Crippen molar-refractivity contribution in [1.82, 2.24) is 4.57 Å². The summed E-state index contributed by atoms with van der Waals surface area (Å²) in [5, 5.41) is 11.6. The van der Waals surface area contributed by atoms with E-state index in [0.717, 1.165) is 33.2 Å². The van der Waals surface area contributed by atoms with Gasteiger partial charge in [-0.2, -0.15) is 0 Å². The molecule has 0 aliphatic carbocycles. The number of aromatic carboxylic acids is 1. The van der Waals surface area contributed by atoms with E-state index in [-0.39, 0.29) is 5.69 Å². The molecule has 3 nitrogen and oxygen atoms in total. The third-order valence-corrected chi connectivity index (χ3v) is 5.56. The normalized spacial score (nSPS) is 11.1. The van der Waals surface area contributed by atoms with Crippen molar-refractivity contribution in [2.75, 3.05) is 0 Å². The van der Waals surface area contributed by atoms with Crippen molar-refractivity contribution in [2.24, 2.45) is 0 Å². The van der Waals surface area contributed by atoms with E-state index in [0.29, 0.717) is 16.6 Å². The average Bonchev–Trinajstić information content (AvgIpc) is 3.03. The summed E-state index contributed by atoms with van der Waals surface area (Å²) in [6.45, 7) is 2.43. The van der Waals surface area contributed by atoms with Crippen LogP contribution < -0.4 is 0 Å². The number of benzene rings is 3. The fourth-order valence-electron chi connectivity index (χ4n) is 3.52. The molecule has 1 aromatic heterocycles. The van der Waals surface area contributed by atoms with Crippen molar-refractivity contribution >= 4 is 40.1 Å². The smallest absolute Gasteiger partial charge is 0.352 e. The van der Waals surface area contributed by atoms with Gasteiger partial charge in [-0.3, -0.25) is 0 Å². The molecular weight excluding hydrogens is 393 g/mol. The maximum Gasteiger partial charge on any atom is 0.352 e. The molecule has 0 radical (unpaired) electrons. The number of nitrogens with zero attached hydrogens (tertiary/aromatic N) is 1. The Morgan fingerprint density at radius 2 is 1.75 bits per heavy atom. The Kier molecular flexibility index (Phi) is 4.88. The second kappa shape index (κ2) is 7.34. The minimum absolute atomic E-state index is 0.237. The molecule has 0 saturated carbocycles. The first-order chi connectivity index (χ1) is 13.4. The van der Waals surface area contributed by atoms with Crippen LogP contribution in [-0.2, 0) is 6.54 Å². The predicted octanol–water partition coefficient (Wildman–Crippen LogP) is 6.67. The van der Waals surface area contributed by atoms with Gasteiger partial charge in [0.1, 0.15) is 5.69 Å². The number of carboxylic acids is 1. The number of rotatable bonds is 4. The van der Waals surface area contributed by atoms with Gasteiger partial charge in [-0.25, -0.2) is 4.79 Å². The van der Waals surface area contributed by atoms with Crippen LogP contribution in [0.5, 0.6) is 0 Å². The zero-order valence-corrected chi connectivity index (χ0v) is 16.6. The van der Waals surface area contributed by atoms with Gasteiger partial charge in [-0.05, 0) is 47.9 Å². The largest absolute Gasteiger partial charge is 0.477 e. The van der Waals surface area contributed by atoms with Gasteiger partial charge < -0.3 is 9.67 Å². The molecule has 0 amide bonds. The van der Waals surface area contributed by atoms with Gasteiger partial charge in [0.05, 0.1) is 10.0 Å². The molecule has 0 unspecified atom stereocenters. The van der Waals surface area contributed by atoms with Gasteiger partial charge in [-0.15, -0.1) is 0 Å². The lowest BCUT2D eigenvalue weighted by atomic mass is 10.00. The number of carbonyl (C=O) groups is 1. The van der Waals surface area contributed by atoms with Gasteiger partial charge in [0.15, 0.2) is 0 Å². The number of hydrogen-bond donors (Lipinski definition) is 1. The number of hydrogen-bond acceptors (Lipinski definition) is 1. The van der Waals surface area contributed by atoms with Crippen molar-refractivity contribution in [3.05, 3.63) is 93.6 Å². The molecule has 0 aliphatic rings. The summed E-state index contributed by atoms with van der Waals surface area (Å²) in [4.78, 5) is 11.9. The van der Waals surface area contributed by atoms with Crippen molar-refractivity contribution in [2.45, 2.75) is 13.5 Å². The maximum atomic E-state index is 11.9. The van der Waals surface area contributed by atoms with Crippen LogP contribution in [0.2, 0.25) is 10.0 Å². The first-order valence-corrected chi connectivity index (χ1v) is 9.56. The third-order valence-electron chi connectivity index (χ3n) is 4.82. The quantitative estimate of drug-likeness (QED) is 0.408. The number of carboxylic acid groups (broad SMARTS) is 1. The Morgan fingerprint density at radius 1 is 0.964 bits per heavy atom. The molecule has 0 spiro atoms. The minimum atomic E-state index is -0.966. The second-order valence-electron chi connectivity index (χ2n) is 6.78. The standard InChI is InChI=1S/C23H17Cl2NO2/c1-14-4-2-5-16(10-14)17-6-3-7-21-18(17)12-22(23(27)28)26(21)13-15-8-9-19(24)20(25)11-15/h2-12H,13H2,1H3,(H,27,28). The summed E-state index contributed by atoms with van der Waals surface area (Å²) >= 11 is 12.1. The summed E-state index contributed by atoms with van der Waals surface area (Å²) in [6.07, 6.45) is 0. The minimum Gasteiger partial charge on any atom is -0.477 e. The van der Waals surface area contributed by atoms with Gasteiger partial charge in [0.25, 0.3) is 0 Å². The summed E-state index contributed by atoms with van der Waals surface area (Å²) in [7, 11) is 0. The first-order valence-electron chi connectivity index (χ1n) is 8.80. The second-order valence-corrected chi connectivity index (χ2v) is 7.59. The lowest BCUT2D eigenvalue weighted by Gasteiger charge is -2.10. The molecule has 0 bridgehead atoms. The molecule has 1 heterocycles. The van der Waals surface area contributed by atoms with Crippen LogP contribution in [0.25, 0.3) is 22.0 Å². The topological polar surface area (TPSA) is 42.2 Å². The Balaban J connectivity index is 1.90. The zero-order valence-electron chi connectivity index (χ0n) is 15.1. The van der Waals surface area contributed by atoms with Crippen LogP contribution in [0, 0.1) is 6.92 Å². The number of aryl methyl sites for hydroxylation is 1. The van der Waals surface area contributed by atoms with Crippen LogP contribution in [-0.4, -0.2) is 15.6 Å². The molecule has 5 heteroatoms. The molecule has 28 heavy (non-hydrogen) atoms. The van der Waals surface area contributed by atoms with E-state index < -0.39 is 5.97 Å². The van der Waals surface area contributed by atoms with E-state index in [1.807, 2.05) is 49.4 Å². The monoisotopic (exact) mass is 409 g/mol. The van der Waals surface area contributed by atoms with Crippen LogP contribution in [0.1, 0.15) is 21.6 Å². The Bertz CT molecular complexity index is 1210. The summed E-state index contributed by atoms with van der Waals surface area (Å²) in [6, 6.07) is 21.2. The number of aromatic nitrogens is 1. The molecule has 3 aromatic carbocycles. The van der Waals surface area contributed by atoms with E-state index in [2.05, 4.69) is 6.07 Å². The molecule has 1 N–H and O–H groups in total. The molecule has 4 rings (SSSR count). The lowest BCUT2D eigenvalue weighted by Crippen LogP contribution is -2.09. The highest BCUT2D eigenvalue weighted by Gasteiger charge is 2.18. The van der Waals surface area contributed by atoms with Crippen molar-refractivity contribution < 1.29 is 9.90 Å².